The summed E-state index contributed by atoms with van der Waals surface area (Å²) >= 11 is 0.916. The van der Waals surface area contributed by atoms with Crippen LogP contribution in [0.3, 0.4) is 0 Å². The number of aromatic nitrogens is 1. The molecular formula is C8H10N2O4S. The van der Waals surface area contributed by atoms with Crippen molar-refractivity contribution in [2.24, 2.45) is 0 Å². The largest absolute Gasteiger partial charge is 0.478 e. The van der Waals surface area contributed by atoms with Gasteiger partial charge in [0, 0.05) is 0 Å². The molecule has 82 valence electrons. The van der Waals surface area contributed by atoms with Crippen LogP contribution < -0.4 is 5.32 Å². The third-order valence-electron chi connectivity index (χ3n) is 1.57. The zero-order valence-corrected chi connectivity index (χ0v) is 9.05. The molecule has 1 aromatic heterocycles. The van der Waals surface area contributed by atoms with Crippen LogP contribution in [0.4, 0.5) is 9.80 Å². The van der Waals surface area contributed by atoms with Crippen LogP contribution in [0.25, 0.3) is 0 Å². The second-order valence-electron chi connectivity index (χ2n) is 2.62. The van der Waals surface area contributed by atoms with Gasteiger partial charge >= 0.3 is 12.1 Å². The number of rotatable bonds is 3. The van der Waals surface area contributed by atoms with Gasteiger partial charge in [-0.05, 0) is 25.4 Å². The van der Waals surface area contributed by atoms with E-state index in [4.69, 9.17) is 5.11 Å². The third kappa shape index (κ3) is 2.66. The van der Waals surface area contributed by atoms with Crippen molar-refractivity contribution in [1.29, 1.82) is 0 Å². The number of nitrogens with one attached hydrogen (secondary N) is 1. The summed E-state index contributed by atoms with van der Waals surface area (Å²) in [5, 5.41) is 11.4. The predicted molar refractivity (Wildman–Crippen MR) is 54.5 cm³/mol. The van der Waals surface area contributed by atoms with Crippen LogP contribution in [0.15, 0.2) is 0 Å². The lowest BCUT2D eigenvalue weighted by atomic mass is 10.2. The molecule has 0 spiro atoms. The Labute approximate surface area is 90.0 Å². The smallest absolute Gasteiger partial charge is 0.412 e. The van der Waals surface area contributed by atoms with Gasteiger partial charge in [-0.15, -0.1) is 0 Å². The summed E-state index contributed by atoms with van der Waals surface area (Å²) in [4.78, 5) is 21.9. The van der Waals surface area contributed by atoms with Gasteiger partial charge in [0.1, 0.15) is 10.6 Å². The Balaban J connectivity index is 2.86. The highest BCUT2D eigenvalue weighted by atomic mass is 32.1. The van der Waals surface area contributed by atoms with Crippen LogP contribution >= 0.6 is 11.5 Å². The molecule has 0 aliphatic rings. The number of nitrogens with zero attached hydrogens (tertiary/aromatic N) is 1. The molecule has 0 aliphatic heterocycles. The lowest BCUT2D eigenvalue weighted by Gasteiger charge is -2.02. The molecule has 0 unspecified atom stereocenters. The van der Waals surface area contributed by atoms with Crippen molar-refractivity contribution in [2.75, 3.05) is 11.9 Å². The number of carbonyl (C=O) groups is 2. The van der Waals surface area contributed by atoms with E-state index in [1.807, 2.05) is 0 Å². The average Bonchev–Trinajstić information content (AvgIpc) is 2.47. The van der Waals surface area contributed by atoms with Gasteiger partial charge in [-0.25, -0.2) is 9.59 Å². The SMILES string of the molecule is CCOC(=O)Nc1snc(C)c1C(=O)O. The average molecular weight is 230 g/mol. The lowest BCUT2D eigenvalue weighted by molar-refractivity contribution is 0.0697. The summed E-state index contributed by atoms with van der Waals surface area (Å²) in [6.45, 7) is 3.46. The number of carboxylic acid groups (broad SMARTS) is 1. The molecule has 0 saturated carbocycles. The molecule has 0 fully saturated rings. The summed E-state index contributed by atoms with van der Waals surface area (Å²) in [5.74, 6) is -1.12. The molecule has 2 N–H and O–H groups in total. The first-order valence-corrected chi connectivity index (χ1v) is 4.97. The molecule has 1 rings (SSSR count). The summed E-state index contributed by atoms with van der Waals surface area (Å²) in [5.41, 5.74) is 0.382. The van der Waals surface area contributed by atoms with E-state index in [1.165, 1.54) is 0 Å². The van der Waals surface area contributed by atoms with E-state index < -0.39 is 12.1 Å². The molecular weight excluding hydrogens is 220 g/mol. The first-order valence-electron chi connectivity index (χ1n) is 4.19. The zero-order valence-electron chi connectivity index (χ0n) is 8.23. The van der Waals surface area contributed by atoms with Gasteiger partial charge in [-0.1, -0.05) is 0 Å². The number of aromatic carboxylic acids is 1. The van der Waals surface area contributed by atoms with Crippen molar-refractivity contribution in [2.45, 2.75) is 13.8 Å². The Hall–Kier alpha value is -1.63. The fourth-order valence-electron chi connectivity index (χ4n) is 0.967. The summed E-state index contributed by atoms with van der Waals surface area (Å²) in [6, 6.07) is 0. The van der Waals surface area contributed by atoms with Gasteiger partial charge in [0.15, 0.2) is 0 Å². The number of hydrogen-bond donors (Lipinski definition) is 2. The van der Waals surface area contributed by atoms with Crippen molar-refractivity contribution in [3.63, 3.8) is 0 Å². The summed E-state index contributed by atoms with van der Waals surface area (Å²) in [6.07, 6.45) is -0.677. The van der Waals surface area contributed by atoms with Crippen LogP contribution in [-0.2, 0) is 4.74 Å². The fourth-order valence-corrected chi connectivity index (χ4v) is 1.74. The molecule has 0 bridgehead atoms. The molecule has 0 radical (unpaired) electrons. The molecule has 0 aliphatic carbocycles. The molecule has 0 atom stereocenters. The van der Waals surface area contributed by atoms with E-state index in [0.717, 1.165) is 11.5 Å². The van der Waals surface area contributed by atoms with Crippen molar-refractivity contribution < 1.29 is 19.4 Å². The van der Waals surface area contributed by atoms with E-state index in [0.29, 0.717) is 5.69 Å². The molecule has 1 aromatic rings. The molecule has 1 heterocycles. The van der Waals surface area contributed by atoms with Crippen LogP contribution in [0.1, 0.15) is 23.0 Å². The van der Waals surface area contributed by atoms with Gasteiger partial charge in [0.05, 0.1) is 12.3 Å². The molecule has 0 aromatic carbocycles. The molecule has 6 nitrogen and oxygen atoms in total. The Morgan fingerprint density at radius 2 is 2.27 bits per heavy atom. The van der Waals surface area contributed by atoms with E-state index in [-0.39, 0.29) is 17.2 Å². The highest BCUT2D eigenvalue weighted by molar-refractivity contribution is 7.10. The Morgan fingerprint density at radius 3 is 2.80 bits per heavy atom. The number of amides is 1. The Kier molecular flexibility index (Phi) is 3.62. The number of carboxylic acids is 1. The molecule has 15 heavy (non-hydrogen) atoms. The maximum atomic E-state index is 11.0. The zero-order chi connectivity index (χ0) is 11.4. The van der Waals surface area contributed by atoms with E-state index in [9.17, 15) is 9.59 Å². The van der Waals surface area contributed by atoms with Gasteiger partial charge in [0.2, 0.25) is 0 Å². The van der Waals surface area contributed by atoms with E-state index in [2.05, 4.69) is 14.4 Å². The fraction of sp³-hybridized carbons (Fsp3) is 0.375. The normalized spacial score (nSPS) is 9.73. The summed E-state index contributed by atoms with van der Waals surface area (Å²) in [7, 11) is 0. The minimum atomic E-state index is -1.12. The van der Waals surface area contributed by atoms with Gasteiger partial charge in [0.25, 0.3) is 0 Å². The molecule has 1 amide bonds. The highest BCUT2D eigenvalue weighted by Crippen LogP contribution is 2.24. The van der Waals surface area contributed by atoms with Crippen molar-refractivity contribution in [3.8, 4) is 0 Å². The van der Waals surface area contributed by atoms with Crippen LogP contribution in [-0.4, -0.2) is 28.1 Å². The standard InChI is InChI=1S/C8H10N2O4S/c1-3-14-8(13)9-6-5(7(11)12)4(2)10-15-6/h3H2,1-2H3,(H,9,13)(H,11,12). The number of ether oxygens (including phenoxy) is 1. The van der Waals surface area contributed by atoms with Crippen LogP contribution in [0.2, 0.25) is 0 Å². The van der Waals surface area contributed by atoms with Crippen molar-refractivity contribution >= 4 is 28.6 Å². The third-order valence-corrected chi connectivity index (χ3v) is 2.42. The predicted octanol–water partition coefficient (Wildman–Crippen LogP) is 1.72. The minimum absolute atomic E-state index is 0.00746. The molecule has 0 saturated heterocycles. The Bertz CT molecular complexity index is 388. The van der Waals surface area contributed by atoms with Gasteiger partial charge in [-0.2, -0.15) is 4.37 Å². The monoisotopic (exact) mass is 230 g/mol. The van der Waals surface area contributed by atoms with Gasteiger partial charge in [-0.3, -0.25) is 5.32 Å². The van der Waals surface area contributed by atoms with Crippen molar-refractivity contribution in [1.82, 2.24) is 4.37 Å². The van der Waals surface area contributed by atoms with Crippen molar-refractivity contribution in [3.05, 3.63) is 11.3 Å². The lowest BCUT2D eigenvalue weighted by Crippen LogP contribution is -2.14. The molecule has 7 heteroatoms. The topological polar surface area (TPSA) is 88.5 Å². The summed E-state index contributed by atoms with van der Waals surface area (Å²) < 4.78 is 8.47. The van der Waals surface area contributed by atoms with E-state index >= 15 is 0 Å². The maximum Gasteiger partial charge on any atom is 0.412 e. The number of anilines is 1. The number of aryl methyl sites for hydroxylation is 1. The Morgan fingerprint density at radius 1 is 1.60 bits per heavy atom. The second kappa shape index (κ2) is 4.74. The van der Waals surface area contributed by atoms with Crippen LogP contribution in [0.5, 0.6) is 0 Å². The van der Waals surface area contributed by atoms with E-state index in [1.54, 1.807) is 13.8 Å². The first kappa shape index (κ1) is 11.4. The number of carbonyl (C=O) groups excluding carboxylic acids is 1. The highest BCUT2D eigenvalue weighted by Gasteiger charge is 2.19. The minimum Gasteiger partial charge on any atom is -0.478 e. The quantitative estimate of drug-likeness (QED) is 0.825. The first-order chi connectivity index (χ1) is 7.06. The number of hydrogen-bond acceptors (Lipinski definition) is 5. The van der Waals surface area contributed by atoms with Gasteiger partial charge < -0.3 is 9.84 Å². The van der Waals surface area contributed by atoms with Crippen LogP contribution in [0, 0.1) is 6.92 Å². The maximum absolute atomic E-state index is 11.0. The second-order valence-corrected chi connectivity index (χ2v) is 3.40.